The monoisotopic (exact) mass is 431 g/mol. The van der Waals surface area contributed by atoms with E-state index in [2.05, 4.69) is 10.1 Å². The van der Waals surface area contributed by atoms with Crippen LogP contribution < -0.4 is 0 Å². The molecule has 0 fully saturated rings. The molecule has 0 unspecified atom stereocenters. The summed E-state index contributed by atoms with van der Waals surface area (Å²) in [7, 11) is 0. The number of nitrogens with zero attached hydrogens (tertiary/aromatic N) is 4. The first-order valence-corrected chi connectivity index (χ1v) is 9.94. The number of halogens is 2. The standard InChI is InChI=1S/C19H15Cl2N5OS/c1-9-4-12(10(2)25(9)15-7-13(20)6-14(21)8-15)5-16-17(22)26-19(23-18(16)27)28-11(3)24-26/h4-8,22H,1-3H3/b16-5+,22-17?. The third kappa shape index (κ3) is 3.19. The van der Waals surface area contributed by atoms with Crippen molar-refractivity contribution in [3.8, 4) is 5.69 Å². The van der Waals surface area contributed by atoms with E-state index in [4.69, 9.17) is 28.6 Å². The molecule has 28 heavy (non-hydrogen) atoms. The zero-order chi connectivity index (χ0) is 20.2. The highest BCUT2D eigenvalue weighted by Crippen LogP contribution is 2.30. The number of hydrogen-bond acceptors (Lipinski definition) is 4. The average molecular weight is 432 g/mol. The van der Waals surface area contributed by atoms with Gasteiger partial charge in [0, 0.05) is 27.1 Å². The zero-order valence-corrected chi connectivity index (χ0v) is 17.6. The largest absolute Gasteiger partial charge is 0.318 e. The lowest BCUT2D eigenvalue weighted by Gasteiger charge is -2.20. The minimum atomic E-state index is -0.441. The van der Waals surface area contributed by atoms with Crippen LogP contribution in [0.1, 0.15) is 23.9 Å². The van der Waals surface area contributed by atoms with Gasteiger partial charge in [-0.15, -0.1) is 0 Å². The van der Waals surface area contributed by atoms with E-state index in [0.717, 1.165) is 27.7 Å². The van der Waals surface area contributed by atoms with Gasteiger partial charge in [-0.1, -0.05) is 23.2 Å². The quantitative estimate of drug-likeness (QED) is 0.676. The molecule has 1 aromatic carbocycles. The first-order chi connectivity index (χ1) is 13.2. The number of carbonyl (C=O) groups excluding carboxylic acids is 1. The van der Waals surface area contributed by atoms with Crippen LogP contribution in [0.25, 0.3) is 11.8 Å². The molecule has 0 aliphatic carbocycles. The lowest BCUT2D eigenvalue weighted by Crippen LogP contribution is -2.35. The molecule has 2 aromatic rings. The molecule has 3 heterocycles. The summed E-state index contributed by atoms with van der Waals surface area (Å²) in [4.78, 5) is 16.6. The van der Waals surface area contributed by atoms with Crippen molar-refractivity contribution in [3.63, 3.8) is 0 Å². The van der Waals surface area contributed by atoms with Gasteiger partial charge in [-0.05, 0) is 68.4 Å². The minimum Gasteiger partial charge on any atom is -0.318 e. The Morgan fingerprint density at radius 2 is 1.79 bits per heavy atom. The second kappa shape index (κ2) is 6.92. The smallest absolute Gasteiger partial charge is 0.283 e. The topological polar surface area (TPSA) is 73.8 Å². The van der Waals surface area contributed by atoms with Crippen molar-refractivity contribution in [1.29, 1.82) is 5.41 Å². The Balaban J connectivity index is 1.79. The number of amides is 1. The van der Waals surface area contributed by atoms with Crippen LogP contribution in [0.4, 0.5) is 0 Å². The number of aromatic nitrogens is 1. The Hall–Kier alpha value is -2.35. The number of carbonyl (C=O) groups is 1. The van der Waals surface area contributed by atoms with Gasteiger partial charge in [0.05, 0.1) is 10.6 Å². The fourth-order valence-electron chi connectivity index (χ4n) is 3.24. The molecule has 0 saturated heterocycles. The fourth-order valence-corrected chi connectivity index (χ4v) is 4.49. The molecule has 0 spiro atoms. The molecule has 0 saturated carbocycles. The second-order valence-electron chi connectivity index (χ2n) is 6.43. The third-order valence-corrected chi connectivity index (χ3v) is 5.69. The number of aryl methyl sites for hydroxylation is 1. The number of amidine groups is 2. The van der Waals surface area contributed by atoms with Crippen molar-refractivity contribution in [2.45, 2.75) is 20.8 Å². The molecule has 0 bridgehead atoms. The molecule has 2 aliphatic heterocycles. The van der Waals surface area contributed by atoms with Crippen LogP contribution in [0.15, 0.2) is 39.9 Å². The Bertz CT molecular complexity index is 1130. The molecule has 1 aromatic heterocycles. The molecular formula is C19H15Cl2N5OS. The number of thioether (sulfide) groups is 1. The summed E-state index contributed by atoms with van der Waals surface area (Å²) >= 11 is 13.6. The van der Waals surface area contributed by atoms with Gasteiger partial charge < -0.3 is 4.57 Å². The number of fused-ring (bicyclic) bond motifs is 1. The van der Waals surface area contributed by atoms with Crippen LogP contribution in [0.5, 0.6) is 0 Å². The summed E-state index contributed by atoms with van der Waals surface area (Å²) < 4.78 is 2.00. The maximum Gasteiger partial charge on any atom is 0.283 e. The summed E-state index contributed by atoms with van der Waals surface area (Å²) in [6.07, 6.45) is 1.68. The molecule has 1 N–H and O–H groups in total. The maximum absolute atomic E-state index is 12.5. The average Bonchev–Trinajstić information content (AvgIpc) is 3.09. The first-order valence-electron chi connectivity index (χ1n) is 8.37. The molecule has 0 atom stereocenters. The highest BCUT2D eigenvalue weighted by Gasteiger charge is 2.34. The number of hydrogen-bond donors (Lipinski definition) is 1. The maximum atomic E-state index is 12.5. The highest BCUT2D eigenvalue weighted by molar-refractivity contribution is 8.26. The minimum absolute atomic E-state index is 0.0231. The lowest BCUT2D eigenvalue weighted by atomic mass is 10.1. The van der Waals surface area contributed by atoms with Crippen LogP contribution >= 0.6 is 35.0 Å². The predicted octanol–water partition coefficient (Wildman–Crippen LogP) is 5.04. The fraction of sp³-hybridized carbons (Fsp3) is 0.158. The van der Waals surface area contributed by atoms with E-state index in [1.54, 1.807) is 12.1 Å². The zero-order valence-electron chi connectivity index (χ0n) is 15.2. The van der Waals surface area contributed by atoms with Gasteiger partial charge in [-0.25, -0.2) is 0 Å². The van der Waals surface area contributed by atoms with Crippen molar-refractivity contribution in [3.05, 3.63) is 56.8 Å². The van der Waals surface area contributed by atoms with Crippen molar-refractivity contribution in [2.24, 2.45) is 10.1 Å². The molecular weight excluding hydrogens is 417 g/mol. The Morgan fingerprint density at radius 1 is 1.11 bits per heavy atom. The molecule has 0 radical (unpaired) electrons. The Kier molecular flexibility index (Phi) is 4.69. The van der Waals surface area contributed by atoms with Crippen LogP contribution in [0.3, 0.4) is 0 Å². The van der Waals surface area contributed by atoms with Crippen molar-refractivity contribution in [1.82, 2.24) is 9.58 Å². The van der Waals surface area contributed by atoms with E-state index in [1.165, 1.54) is 16.8 Å². The molecule has 1 amide bonds. The van der Waals surface area contributed by atoms with E-state index < -0.39 is 5.91 Å². The van der Waals surface area contributed by atoms with Crippen LogP contribution in [-0.4, -0.2) is 31.5 Å². The van der Waals surface area contributed by atoms with Gasteiger partial charge >= 0.3 is 0 Å². The second-order valence-corrected chi connectivity index (χ2v) is 8.46. The summed E-state index contributed by atoms with van der Waals surface area (Å²) in [5.74, 6) is -0.417. The van der Waals surface area contributed by atoms with Gasteiger partial charge in [0.25, 0.3) is 5.91 Å². The van der Waals surface area contributed by atoms with Gasteiger partial charge in [0.1, 0.15) is 0 Å². The summed E-state index contributed by atoms with van der Waals surface area (Å²) in [5.41, 5.74) is 3.69. The predicted molar refractivity (Wildman–Crippen MR) is 116 cm³/mol. The van der Waals surface area contributed by atoms with E-state index in [-0.39, 0.29) is 11.4 Å². The number of rotatable bonds is 2. The Morgan fingerprint density at radius 3 is 2.46 bits per heavy atom. The van der Waals surface area contributed by atoms with E-state index >= 15 is 0 Å². The number of benzene rings is 1. The summed E-state index contributed by atoms with van der Waals surface area (Å²) in [5, 5.41) is 16.3. The van der Waals surface area contributed by atoms with E-state index in [0.29, 0.717) is 15.2 Å². The summed E-state index contributed by atoms with van der Waals surface area (Å²) in [6.45, 7) is 5.71. The molecule has 4 rings (SSSR count). The molecule has 9 heteroatoms. The van der Waals surface area contributed by atoms with E-state index in [9.17, 15) is 4.79 Å². The van der Waals surface area contributed by atoms with Crippen LogP contribution in [0, 0.1) is 19.3 Å². The number of aliphatic imine (C=N–C) groups is 1. The first kappa shape index (κ1) is 19.0. The Labute approximate surface area is 176 Å². The van der Waals surface area contributed by atoms with Crippen molar-refractivity contribution in [2.75, 3.05) is 0 Å². The number of hydrazone groups is 1. The molecule has 142 valence electrons. The highest BCUT2D eigenvalue weighted by atomic mass is 35.5. The SMILES string of the molecule is CC1=NN2C(=N)/C(=C\c3cc(C)n(-c4cc(Cl)cc(Cl)c4)c3C)C(=O)N=C2S1. The van der Waals surface area contributed by atoms with Crippen LogP contribution in [-0.2, 0) is 4.79 Å². The van der Waals surface area contributed by atoms with Gasteiger partial charge in [0.15, 0.2) is 5.84 Å². The summed E-state index contributed by atoms with van der Waals surface area (Å²) in [6, 6.07) is 7.28. The normalized spacial score (nSPS) is 17.9. The lowest BCUT2D eigenvalue weighted by molar-refractivity contribution is -0.114. The van der Waals surface area contributed by atoms with Crippen molar-refractivity contribution >= 4 is 63.0 Å². The van der Waals surface area contributed by atoms with Gasteiger partial charge in [-0.2, -0.15) is 15.1 Å². The van der Waals surface area contributed by atoms with Gasteiger partial charge in [0.2, 0.25) is 5.17 Å². The van der Waals surface area contributed by atoms with E-state index in [1.807, 2.05) is 43.5 Å². The molecule has 2 aliphatic rings. The van der Waals surface area contributed by atoms with Gasteiger partial charge in [-0.3, -0.25) is 10.2 Å². The third-order valence-electron chi connectivity index (χ3n) is 4.43. The number of nitrogens with one attached hydrogen (secondary N) is 1. The van der Waals surface area contributed by atoms with Crippen molar-refractivity contribution < 1.29 is 4.79 Å². The molecule has 6 nitrogen and oxygen atoms in total. The van der Waals surface area contributed by atoms with Crippen LogP contribution in [0.2, 0.25) is 10.0 Å².